The molecule has 1 aliphatic carbocycles. The van der Waals surface area contributed by atoms with E-state index in [1.54, 1.807) is 11.0 Å². The molecule has 1 aromatic heterocycles. The predicted octanol–water partition coefficient (Wildman–Crippen LogP) is 5.69. The normalized spacial score (nSPS) is 24.8. The molecular weight excluding hydrogens is 790 g/mol. The van der Waals surface area contributed by atoms with Gasteiger partial charge in [-0.05, 0) is 106 Å². The highest BCUT2D eigenvalue weighted by molar-refractivity contribution is 6.35. The Morgan fingerprint density at radius 1 is 0.869 bits per heavy atom. The third-order valence-corrected chi connectivity index (χ3v) is 16.5. The number of amides is 3. The van der Waals surface area contributed by atoms with Gasteiger partial charge in [0.1, 0.15) is 17.6 Å². The highest BCUT2D eigenvalue weighted by Gasteiger charge is 2.50. The van der Waals surface area contributed by atoms with Crippen molar-refractivity contribution >= 4 is 45.9 Å². The Morgan fingerprint density at radius 3 is 2.46 bits per heavy atom. The van der Waals surface area contributed by atoms with Crippen LogP contribution >= 0.6 is 11.6 Å². The molecule has 4 aromatic rings. The van der Waals surface area contributed by atoms with Gasteiger partial charge in [-0.3, -0.25) is 38.9 Å². The zero-order chi connectivity index (χ0) is 41.2. The average molecular weight is 842 g/mol. The van der Waals surface area contributed by atoms with Crippen molar-refractivity contribution in [2.24, 2.45) is 5.92 Å². The lowest BCUT2D eigenvalue weighted by Crippen LogP contribution is -2.62. The summed E-state index contributed by atoms with van der Waals surface area (Å²) in [5.41, 5.74) is 6.86. The van der Waals surface area contributed by atoms with Gasteiger partial charge < -0.3 is 14.5 Å². The van der Waals surface area contributed by atoms with Gasteiger partial charge in [-0.2, -0.15) is 4.98 Å². The summed E-state index contributed by atoms with van der Waals surface area (Å²) in [4.78, 5) is 65.5. The van der Waals surface area contributed by atoms with Gasteiger partial charge in [0, 0.05) is 73.0 Å². The van der Waals surface area contributed by atoms with Crippen LogP contribution in [0.3, 0.4) is 0 Å². The van der Waals surface area contributed by atoms with E-state index in [0.29, 0.717) is 47.5 Å². The lowest BCUT2D eigenvalue weighted by atomic mass is 9.69. The first-order valence-electron chi connectivity index (χ1n) is 22.7. The molecule has 1 N–H and O–H groups in total. The lowest BCUT2D eigenvalue weighted by molar-refractivity contribution is -0.136. The number of nitrogens with zero attached hydrogens (tertiary/aromatic N) is 6. The van der Waals surface area contributed by atoms with E-state index in [-0.39, 0.29) is 40.5 Å². The van der Waals surface area contributed by atoms with Crippen molar-refractivity contribution in [1.29, 1.82) is 0 Å². The van der Waals surface area contributed by atoms with Gasteiger partial charge in [0.2, 0.25) is 11.8 Å². The third kappa shape index (κ3) is 5.80. The van der Waals surface area contributed by atoms with Gasteiger partial charge in [-0.25, -0.2) is 0 Å². The molecule has 316 valence electrons. The Kier molecular flexibility index (Phi) is 8.78. The van der Waals surface area contributed by atoms with Gasteiger partial charge in [-0.15, -0.1) is 0 Å². The molecule has 61 heavy (non-hydrogen) atoms. The molecule has 3 aromatic carbocycles. The number of hydrogen-bond acceptors (Lipinski definition) is 9. The minimum absolute atomic E-state index is 0.0397. The Morgan fingerprint density at radius 2 is 1.67 bits per heavy atom. The quantitative estimate of drug-likeness (QED) is 0.253. The summed E-state index contributed by atoms with van der Waals surface area (Å²) in [7, 11) is 0. The molecule has 12 nitrogen and oxygen atoms in total. The van der Waals surface area contributed by atoms with Gasteiger partial charge in [-0.1, -0.05) is 43.0 Å². The number of aromatic nitrogens is 2. The number of rotatable bonds is 5. The van der Waals surface area contributed by atoms with Crippen LogP contribution in [0.5, 0.6) is 5.75 Å². The molecule has 2 spiro atoms. The number of nitrogens with one attached hydrogen (secondary N) is 1. The number of imide groups is 1. The minimum atomic E-state index is -0.623. The molecule has 5 fully saturated rings. The fraction of sp³-hybridized carbons (Fsp3) is 0.521. The number of carbonyl (C=O) groups excluding carboxylic acids is 3. The molecule has 8 aliphatic rings. The molecule has 4 saturated heterocycles. The number of likely N-dealkylation sites (tertiary alicyclic amines) is 2. The Hall–Kier alpha value is -4.78. The van der Waals surface area contributed by atoms with E-state index in [2.05, 4.69) is 48.8 Å². The van der Waals surface area contributed by atoms with Gasteiger partial charge in [0.25, 0.3) is 11.5 Å². The Balaban J connectivity index is 0.662. The summed E-state index contributed by atoms with van der Waals surface area (Å²) in [6, 6.07) is 16.7. The summed E-state index contributed by atoms with van der Waals surface area (Å²) in [6.45, 7) is 8.62. The molecule has 0 unspecified atom stereocenters. The van der Waals surface area contributed by atoms with Crippen LogP contribution in [0.25, 0.3) is 16.6 Å². The number of fused-ring (bicyclic) bond motifs is 11. The van der Waals surface area contributed by atoms with E-state index < -0.39 is 6.04 Å². The van der Waals surface area contributed by atoms with E-state index in [9.17, 15) is 19.2 Å². The predicted molar refractivity (Wildman–Crippen MR) is 232 cm³/mol. The van der Waals surface area contributed by atoms with E-state index in [1.165, 1.54) is 42.6 Å². The summed E-state index contributed by atoms with van der Waals surface area (Å²) >= 11 is 6.58. The van der Waals surface area contributed by atoms with Crippen molar-refractivity contribution in [1.82, 2.24) is 29.6 Å². The summed E-state index contributed by atoms with van der Waals surface area (Å²) in [6.07, 6.45) is 10.6. The van der Waals surface area contributed by atoms with E-state index in [4.69, 9.17) is 21.3 Å². The number of carbonyl (C=O) groups is 3. The van der Waals surface area contributed by atoms with Crippen LogP contribution in [0.2, 0.25) is 5.02 Å². The average Bonchev–Trinajstić information content (AvgIpc) is 3.87. The molecule has 12 rings (SSSR count). The maximum Gasteiger partial charge on any atom is 0.282 e. The van der Waals surface area contributed by atoms with Crippen molar-refractivity contribution < 1.29 is 19.1 Å². The molecule has 1 saturated carbocycles. The zero-order valence-electron chi connectivity index (χ0n) is 34.6. The second-order valence-electron chi connectivity index (χ2n) is 19.3. The maximum absolute atomic E-state index is 13.4. The fourth-order valence-electron chi connectivity index (χ4n) is 12.7. The van der Waals surface area contributed by atoms with E-state index in [0.717, 1.165) is 106 Å². The van der Waals surface area contributed by atoms with Gasteiger partial charge in [0.15, 0.2) is 0 Å². The van der Waals surface area contributed by atoms with Crippen molar-refractivity contribution in [3.05, 3.63) is 92.0 Å². The molecule has 13 heteroatoms. The second kappa shape index (κ2) is 14.1. The SMILES string of the molecule is O=C1CC[C@H](N2Cc3c(ccc4c3OCC43CCN(C4CN(CC5CCN(c6ccc7c(c6)C6(CCCCC6)c6nc(=O)c8c(Cl)cccc8n6-7)CC5)C4)CC3)C2=O)C(=O)N1. The Labute approximate surface area is 360 Å². The van der Waals surface area contributed by atoms with Crippen molar-refractivity contribution in [3.8, 4) is 11.4 Å². The first kappa shape index (κ1) is 37.9. The highest BCUT2D eigenvalue weighted by atomic mass is 35.5. The first-order chi connectivity index (χ1) is 29.7. The molecule has 8 heterocycles. The number of halogens is 1. The maximum atomic E-state index is 13.4. The van der Waals surface area contributed by atoms with Crippen LogP contribution in [-0.2, 0) is 27.0 Å². The largest absolute Gasteiger partial charge is 0.492 e. The minimum Gasteiger partial charge on any atom is -0.492 e. The lowest BCUT2D eigenvalue weighted by Gasteiger charge is -2.50. The first-order valence-corrected chi connectivity index (χ1v) is 23.1. The van der Waals surface area contributed by atoms with Crippen LogP contribution in [-0.4, -0.2) is 106 Å². The molecule has 7 aliphatic heterocycles. The smallest absolute Gasteiger partial charge is 0.282 e. The second-order valence-corrected chi connectivity index (χ2v) is 19.7. The van der Waals surface area contributed by atoms with E-state index in [1.807, 2.05) is 18.2 Å². The molecule has 0 bridgehead atoms. The summed E-state index contributed by atoms with van der Waals surface area (Å²) in [5, 5.41) is 3.37. The number of piperidine rings is 3. The van der Waals surface area contributed by atoms with Crippen LogP contribution in [0, 0.1) is 5.92 Å². The third-order valence-electron chi connectivity index (χ3n) is 16.2. The van der Waals surface area contributed by atoms with Crippen molar-refractivity contribution in [3.63, 3.8) is 0 Å². The highest BCUT2D eigenvalue weighted by Crippen LogP contribution is 2.53. The van der Waals surface area contributed by atoms with Crippen LogP contribution < -0.4 is 20.5 Å². The van der Waals surface area contributed by atoms with Crippen LogP contribution in [0.15, 0.2) is 53.3 Å². The van der Waals surface area contributed by atoms with Crippen molar-refractivity contribution in [2.45, 2.75) is 100 Å². The number of ether oxygens (including phenoxy) is 1. The van der Waals surface area contributed by atoms with Crippen molar-refractivity contribution in [2.75, 3.05) is 57.3 Å². The summed E-state index contributed by atoms with van der Waals surface area (Å²) in [5.74, 6) is 1.63. The van der Waals surface area contributed by atoms with Gasteiger partial charge in [0.05, 0.1) is 40.2 Å². The fourth-order valence-corrected chi connectivity index (χ4v) is 13.0. The van der Waals surface area contributed by atoms with Crippen LogP contribution in [0.4, 0.5) is 5.69 Å². The molecular formula is C48H52ClN7O5. The Bertz CT molecular complexity index is 2580. The van der Waals surface area contributed by atoms with E-state index >= 15 is 0 Å². The number of anilines is 1. The van der Waals surface area contributed by atoms with Crippen LogP contribution in [0.1, 0.15) is 104 Å². The molecule has 1 atom stereocenters. The summed E-state index contributed by atoms with van der Waals surface area (Å²) < 4.78 is 8.67. The topological polar surface area (TPSA) is 120 Å². The molecule has 3 amide bonds. The molecule has 0 radical (unpaired) electrons. The number of benzene rings is 3. The van der Waals surface area contributed by atoms with Gasteiger partial charge >= 0.3 is 0 Å². The standard InChI is InChI=1S/C48H52ClN7O5/c49-36-5-4-6-38-41(36)44(59)51-46-48(15-2-1-3-16-48)35-23-30(7-10-37(35)56(38)46)53-19-13-29(14-20-53)24-52-25-31(26-52)54-21-17-47(18-22-54)28-61-42-33-27-55(39-11-12-40(57)50-43(39)58)45(60)32(33)8-9-34(42)47/h4-10,23,29,31,39H,1-3,11-22,24-28H2,(H,50,57,58)/t39-/m0/s1. The zero-order valence-corrected chi connectivity index (χ0v) is 35.4. The number of hydrogen-bond donors (Lipinski definition) is 1. The monoisotopic (exact) mass is 841 g/mol.